The molecule has 0 heterocycles. The molecule has 1 N–H and O–H groups in total. The summed E-state index contributed by atoms with van der Waals surface area (Å²) in [7, 11) is 1.39. The molecule has 0 spiro atoms. The van der Waals surface area contributed by atoms with Crippen LogP contribution in [0.3, 0.4) is 0 Å². The highest BCUT2D eigenvalue weighted by Gasteiger charge is 2.12. The molecule has 0 bridgehead atoms. The van der Waals surface area contributed by atoms with Gasteiger partial charge in [0, 0.05) is 19.5 Å². The van der Waals surface area contributed by atoms with E-state index in [1.165, 1.54) is 13.1 Å². The summed E-state index contributed by atoms with van der Waals surface area (Å²) in [6, 6.07) is 2.95. The van der Waals surface area contributed by atoms with Gasteiger partial charge in [-0.1, -0.05) is 0 Å². The molecule has 1 aromatic carbocycles. The summed E-state index contributed by atoms with van der Waals surface area (Å²) < 4.78 is 30.9. The van der Waals surface area contributed by atoms with Gasteiger partial charge < -0.3 is 14.7 Å². The molecule has 0 radical (unpaired) electrons. The van der Waals surface area contributed by atoms with Gasteiger partial charge in [-0.15, -0.1) is 0 Å². The molecular formula is C13H15F2NO4. The number of carbonyl (C=O) groups is 2. The Kier molecular flexibility index (Phi) is 5.89. The Morgan fingerprint density at radius 3 is 2.65 bits per heavy atom. The van der Waals surface area contributed by atoms with Crippen molar-refractivity contribution in [2.45, 2.75) is 12.8 Å². The zero-order valence-corrected chi connectivity index (χ0v) is 10.9. The molecule has 1 amide bonds. The fourth-order valence-electron chi connectivity index (χ4n) is 1.48. The van der Waals surface area contributed by atoms with Crippen LogP contribution in [0.1, 0.15) is 12.8 Å². The molecule has 1 aromatic rings. The number of hydrogen-bond donors (Lipinski definition) is 1. The van der Waals surface area contributed by atoms with Crippen molar-refractivity contribution in [2.75, 3.05) is 20.2 Å². The predicted molar refractivity (Wildman–Crippen MR) is 66.4 cm³/mol. The number of halogens is 2. The standard InChI is InChI=1S/C13H15F2NO4/c1-16(8-13(18)19)12(17)3-2-6-20-11-5-4-9(14)7-10(11)15/h4-5,7H,2-3,6,8H2,1H3,(H,18,19). The summed E-state index contributed by atoms with van der Waals surface area (Å²) in [5, 5.41) is 8.52. The molecule has 5 nitrogen and oxygen atoms in total. The first-order valence-electron chi connectivity index (χ1n) is 5.93. The van der Waals surface area contributed by atoms with E-state index < -0.39 is 17.6 Å². The summed E-state index contributed by atoms with van der Waals surface area (Å²) in [6.07, 6.45) is 0.395. The first-order valence-corrected chi connectivity index (χ1v) is 5.93. The van der Waals surface area contributed by atoms with Crippen LogP contribution in [0, 0.1) is 11.6 Å². The average molecular weight is 287 g/mol. The second kappa shape index (κ2) is 7.42. The van der Waals surface area contributed by atoms with E-state index in [1.807, 2.05) is 0 Å². The van der Waals surface area contributed by atoms with Crippen molar-refractivity contribution in [3.8, 4) is 5.75 Å². The molecular weight excluding hydrogens is 272 g/mol. The van der Waals surface area contributed by atoms with Crippen LogP contribution in [0.5, 0.6) is 5.75 Å². The van der Waals surface area contributed by atoms with E-state index in [0.29, 0.717) is 12.5 Å². The number of hydrogen-bond acceptors (Lipinski definition) is 3. The number of carbonyl (C=O) groups excluding carboxylic acids is 1. The minimum Gasteiger partial charge on any atom is -0.491 e. The first kappa shape index (κ1) is 15.9. The maximum absolute atomic E-state index is 13.2. The minimum atomic E-state index is -1.09. The van der Waals surface area contributed by atoms with Crippen LogP contribution in [0.25, 0.3) is 0 Å². The Balaban J connectivity index is 2.31. The Bertz CT molecular complexity index is 493. The van der Waals surface area contributed by atoms with Crippen LogP contribution >= 0.6 is 0 Å². The van der Waals surface area contributed by atoms with Gasteiger partial charge in [-0.3, -0.25) is 9.59 Å². The van der Waals surface area contributed by atoms with Crippen LogP contribution in [0.2, 0.25) is 0 Å². The van der Waals surface area contributed by atoms with Crippen molar-refractivity contribution in [1.82, 2.24) is 4.90 Å². The molecule has 0 aromatic heterocycles. The van der Waals surface area contributed by atoms with E-state index in [9.17, 15) is 18.4 Å². The molecule has 0 aliphatic heterocycles. The highest BCUT2D eigenvalue weighted by molar-refractivity contribution is 5.80. The summed E-state index contributed by atoms with van der Waals surface area (Å²) in [5.41, 5.74) is 0. The van der Waals surface area contributed by atoms with Crippen molar-refractivity contribution >= 4 is 11.9 Å². The highest BCUT2D eigenvalue weighted by atomic mass is 19.1. The number of ether oxygens (including phenoxy) is 1. The van der Waals surface area contributed by atoms with Crippen molar-refractivity contribution in [3.63, 3.8) is 0 Å². The monoisotopic (exact) mass is 287 g/mol. The zero-order valence-electron chi connectivity index (χ0n) is 10.9. The zero-order chi connectivity index (χ0) is 15.1. The topological polar surface area (TPSA) is 66.8 Å². The third kappa shape index (κ3) is 5.21. The second-order valence-electron chi connectivity index (χ2n) is 4.17. The van der Waals surface area contributed by atoms with Gasteiger partial charge in [0.2, 0.25) is 5.91 Å². The number of amides is 1. The number of carboxylic acid groups (broad SMARTS) is 1. The van der Waals surface area contributed by atoms with Crippen molar-refractivity contribution in [2.24, 2.45) is 0 Å². The maximum atomic E-state index is 13.2. The molecule has 0 atom stereocenters. The Labute approximate surface area is 114 Å². The van der Waals surface area contributed by atoms with E-state index in [2.05, 4.69) is 0 Å². The Morgan fingerprint density at radius 1 is 1.35 bits per heavy atom. The molecule has 0 fully saturated rings. The van der Waals surface area contributed by atoms with Gasteiger partial charge in [0.15, 0.2) is 11.6 Å². The summed E-state index contributed by atoms with van der Waals surface area (Å²) in [5.74, 6) is -3.02. The second-order valence-corrected chi connectivity index (χ2v) is 4.17. The first-order chi connectivity index (χ1) is 9.40. The Morgan fingerprint density at radius 2 is 2.05 bits per heavy atom. The van der Waals surface area contributed by atoms with Crippen LogP contribution < -0.4 is 4.74 Å². The van der Waals surface area contributed by atoms with E-state index in [4.69, 9.17) is 9.84 Å². The molecule has 0 saturated heterocycles. The van der Waals surface area contributed by atoms with Gasteiger partial charge >= 0.3 is 5.97 Å². The normalized spacial score (nSPS) is 10.2. The fraction of sp³-hybridized carbons (Fsp3) is 0.385. The SMILES string of the molecule is CN(CC(=O)O)C(=O)CCCOc1ccc(F)cc1F. The predicted octanol–water partition coefficient (Wildman–Crippen LogP) is 1.67. The maximum Gasteiger partial charge on any atom is 0.323 e. The molecule has 0 aliphatic carbocycles. The lowest BCUT2D eigenvalue weighted by Crippen LogP contribution is -2.31. The molecule has 0 unspecified atom stereocenters. The molecule has 110 valence electrons. The van der Waals surface area contributed by atoms with Gasteiger partial charge in [0.1, 0.15) is 12.4 Å². The van der Waals surface area contributed by atoms with Gasteiger partial charge in [-0.05, 0) is 18.6 Å². The molecule has 7 heteroatoms. The van der Waals surface area contributed by atoms with Crippen molar-refractivity contribution in [1.29, 1.82) is 0 Å². The number of rotatable bonds is 7. The van der Waals surface area contributed by atoms with E-state index in [1.54, 1.807) is 0 Å². The third-order valence-corrected chi connectivity index (χ3v) is 2.48. The largest absolute Gasteiger partial charge is 0.491 e. The van der Waals surface area contributed by atoms with Crippen LogP contribution in [-0.2, 0) is 9.59 Å². The molecule has 0 saturated carbocycles. The smallest absolute Gasteiger partial charge is 0.323 e. The fourth-order valence-corrected chi connectivity index (χ4v) is 1.48. The van der Waals surface area contributed by atoms with Crippen LogP contribution in [0.4, 0.5) is 8.78 Å². The van der Waals surface area contributed by atoms with Gasteiger partial charge in [-0.2, -0.15) is 0 Å². The van der Waals surface area contributed by atoms with Gasteiger partial charge in [0.25, 0.3) is 0 Å². The van der Waals surface area contributed by atoms with Gasteiger partial charge in [0.05, 0.1) is 6.61 Å². The highest BCUT2D eigenvalue weighted by Crippen LogP contribution is 2.17. The van der Waals surface area contributed by atoms with Crippen molar-refractivity contribution < 1.29 is 28.2 Å². The molecule has 1 rings (SSSR count). The molecule has 20 heavy (non-hydrogen) atoms. The van der Waals surface area contributed by atoms with E-state index in [-0.39, 0.29) is 31.2 Å². The van der Waals surface area contributed by atoms with Crippen LogP contribution in [0.15, 0.2) is 18.2 Å². The van der Waals surface area contributed by atoms with Crippen LogP contribution in [-0.4, -0.2) is 42.1 Å². The van der Waals surface area contributed by atoms with Crippen molar-refractivity contribution in [3.05, 3.63) is 29.8 Å². The lowest BCUT2D eigenvalue weighted by molar-refractivity contribution is -0.143. The number of carboxylic acids is 1. The lowest BCUT2D eigenvalue weighted by Gasteiger charge is -2.14. The third-order valence-electron chi connectivity index (χ3n) is 2.48. The lowest BCUT2D eigenvalue weighted by atomic mass is 10.3. The number of likely N-dealkylation sites (N-methyl/N-ethyl adjacent to an activating group) is 1. The number of benzene rings is 1. The molecule has 0 aliphatic rings. The van der Waals surface area contributed by atoms with Gasteiger partial charge in [-0.25, -0.2) is 8.78 Å². The van der Waals surface area contributed by atoms with E-state index in [0.717, 1.165) is 11.0 Å². The van der Waals surface area contributed by atoms with E-state index >= 15 is 0 Å². The summed E-state index contributed by atoms with van der Waals surface area (Å²) in [6.45, 7) is -0.290. The number of nitrogens with zero attached hydrogens (tertiary/aromatic N) is 1. The average Bonchev–Trinajstić information content (AvgIpc) is 2.35. The summed E-state index contributed by atoms with van der Waals surface area (Å²) in [4.78, 5) is 23.0. The minimum absolute atomic E-state index is 0.0786. The number of aliphatic carboxylic acids is 1. The quantitative estimate of drug-likeness (QED) is 0.775. The Hall–Kier alpha value is -2.18. The summed E-state index contributed by atoms with van der Waals surface area (Å²) >= 11 is 0.